The van der Waals surface area contributed by atoms with Crippen LogP contribution in [-0.4, -0.2) is 19.3 Å². The molecule has 0 fully saturated rings. The van der Waals surface area contributed by atoms with Gasteiger partial charge in [-0.25, -0.2) is 0 Å². The van der Waals surface area contributed by atoms with Crippen molar-refractivity contribution < 1.29 is 14.6 Å². The van der Waals surface area contributed by atoms with Crippen molar-refractivity contribution in [3.05, 3.63) is 48.0 Å². The Balaban J connectivity index is 2.42. The number of phenols is 1. The Morgan fingerprint density at radius 1 is 1.04 bits per heavy atom. The van der Waals surface area contributed by atoms with Gasteiger partial charge < -0.3 is 14.6 Å². The zero-order chi connectivity index (χ0) is 16.8. The van der Waals surface area contributed by atoms with Gasteiger partial charge in [-0.3, -0.25) is 0 Å². The molecule has 3 nitrogen and oxygen atoms in total. The first-order valence-electron chi connectivity index (χ1n) is 7.71. The Morgan fingerprint density at radius 3 is 2.30 bits per heavy atom. The van der Waals surface area contributed by atoms with E-state index in [0.29, 0.717) is 17.4 Å². The minimum atomic E-state index is 0.109. The number of aromatic hydroxyl groups is 1. The molecule has 1 unspecified atom stereocenters. The zero-order valence-electron chi connectivity index (χ0n) is 14.1. The van der Waals surface area contributed by atoms with Crippen LogP contribution in [0.25, 0.3) is 0 Å². The van der Waals surface area contributed by atoms with Crippen LogP contribution in [0, 0.1) is 5.92 Å². The van der Waals surface area contributed by atoms with Crippen molar-refractivity contribution in [3.63, 3.8) is 0 Å². The molecular weight excluding hydrogens is 308 g/mol. The van der Waals surface area contributed by atoms with Gasteiger partial charge in [0, 0.05) is 27.8 Å². The molecule has 0 spiro atoms. The van der Waals surface area contributed by atoms with Crippen LogP contribution in [-0.2, 0) is 0 Å². The van der Waals surface area contributed by atoms with Gasteiger partial charge in [0.15, 0.2) is 0 Å². The van der Waals surface area contributed by atoms with E-state index in [0.717, 1.165) is 12.0 Å². The van der Waals surface area contributed by atoms with E-state index >= 15 is 0 Å². The first-order valence-corrected chi connectivity index (χ1v) is 8.59. The zero-order valence-corrected chi connectivity index (χ0v) is 14.9. The molecule has 0 radical (unpaired) electrons. The predicted octanol–water partition coefficient (Wildman–Crippen LogP) is 5.29. The highest BCUT2D eigenvalue weighted by molar-refractivity contribution is 7.99. The summed E-state index contributed by atoms with van der Waals surface area (Å²) in [7, 11) is 3.20. The average molecular weight is 332 g/mol. The summed E-state index contributed by atoms with van der Waals surface area (Å²) in [6.07, 6.45) is 0.940. The SMILES string of the molecule is COc1cc(O)c(C(CC(C)C)Sc2ccccc2)c(OC)c1. The van der Waals surface area contributed by atoms with E-state index in [1.165, 1.54) is 4.90 Å². The molecule has 1 atom stereocenters. The van der Waals surface area contributed by atoms with Gasteiger partial charge in [0.2, 0.25) is 0 Å². The van der Waals surface area contributed by atoms with E-state index in [4.69, 9.17) is 9.47 Å². The summed E-state index contributed by atoms with van der Waals surface area (Å²) in [5.41, 5.74) is 0.829. The number of methoxy groups -OCH3 is 2. The van der Waals surface area contributed by atoms with Gasteiger partial charge in [-0.15, -0.1) is 11.8 Å². The summed E-state index contributed by atoms with van der Waals surface area (Å²) in [5.74, 6) is 1.98. The molecule has 0 saturated carbocycles. The number of ether oxygens (including phenoxy) is 2. The first-order chi connectivity index (χ1) is 11.0. The van der Waals surface area contributed by atoms with Crippen LogP contribution < -0.4 is 9.47 Å². The fourth-order valence-electron chi connectivity index (χ4n) is 2.51. The number of thioether (sulfide) groups is 1. The van der Waals surface area contributed by atoms with E-state index in [9.17, 15) is 5.11 Å². The molecule has 23 heavy (non-hydrogen) atoms. The quantitative estimate of drug-likeness (QED) is 0.699. The lowest BCUT2D eigenvalue weighted by molar-refractivity contribution is 0.377. The van der Waals surface area contributed by atoms with Crippen molar-refractivity contribution in [2.75, 3.05) is 14.2 Å². The molecule has 0 aromatic heterocycles. The second-order valence-corrected chi connectivity index (χ2v) is 7.09. The Morgan fingerprint density at radius 2 is 1.74 bits per heavy atom. The van der Waals surface area contributed by atoms with Gasteiger partial charge in [-0.1, -0.05) is 32.0 Å². The van der Waals surface area contributed by atoms with Crippen LogP contribution in [0.15, 0.2) is 47.4 Å². The predicted molar refractivity (Wildman–Crippen MR) is 95.7 cm³/mol. The second kappa shape index (κ2) is 8.16. The van der Waals surface area contributed by atoms with Crippen molar-refractivity contribution in [2.24, 2.45) is 5.92 Å². The molecule has 1 N–H and O–H groups in total. The van der Waals surface area contributed by atoms with Crippen LogP contribution in [0.2, 0.25) is 0 Å². The molecule has 2 aromatic rings. The van der Waals surface area contributed by atoms with Gasteiger partial charge in [0.1, 0.15) is 17.2 Å². The molecule has 124 valence electrons. The monoisotopic (exact) mass is 332 g/mol. The molecule has 0 aliphatic carbocycles. The first kappa shape index (κ1) is 17.5. The third-order valence-electron chi connectivity index (χ3n) is 3.58. The Labute approximate surface area is 142 Å². The van der Waals surface area contributed by atoms with Gasteiger partial charge in [0.25, 0.3) is 0 Å². The van der Waals surface area contributed by atoms with Gasteiger partial charge >= 0.3 is 0 Å². The van der Waals surface area contributed by atoms with Crippen molar-refractivity contribution in [2.45, 2.75) is 30.4 Å². The highest BCUT2D eigenvalue weighted by Crippen LogP contribution is 2.48. The van der Waals surface area contributed by atoms with Crippen molar-refractivity contribution in [1.82, 2.24) is 0 Å². The van der Waals surface area contributed by atoms with E-state index < -0.39 is 0 Å². The van der Waals surface area contributed by atoms with E-state index in [-0.39, 0.29) is 11.0 Å². The molecular formula is C19H24O3S. The number of hydrogen-bond donors (Lipinski definition) is 1. The molecule has 2 rings (SSSR count). The van der Waals surface area contributed by atoms with Gasteiger partial charge in [-0.05, 0) is 24.5 Å². The molecule has 0 aliphatic rings. The van der Waals surface area contributed by atoms with Gasteiger partial charge in [-0.2, -0.15) is 0 Å². The third-order valence-corrected chi connectivity index (χ3v) is 4.84. The smallest absolute Gasteiger partial charge is 0.130 e. The number of hydrogen-bond acceptors (Lipinski definition) is 4. The van der Waals surface area contributed by atoms with E-state index in [1.54, 1.807) is 32.0 Å². The molecule has 0 heterocycles. The van der Waals surface area contributed by atoms with Crippen LogP contribution in [0.5, 0.6) is 17.2 Å². The summed E-state index contributed by atoms with van der Waals surface area (Å²) < 4.78 is 10.7. The maximum absolute atomic E-state index is 10.5. The van der Waals surface area contributed by atoms with Gasteiger partial charge in [0.05, 0.1) is 14.2 Å². The highest BCUT2D eigenvalue weighted by Gasteiger charge is 2.23. The fraction of sp³-hybridized carbons (Fsp3) is 0.368. The van der Waals surface area contributed by atoms with E-state index in [2.05, 4.69) is 26.0 Å². The Hall–Kier alpha value is -1.81. The normalized spacial score (nSPS) is 12.2. The van der Waals surface area contributed by atoms with Crippen molar-refractivity contribution in [3.8, 4) is 17.2 Å². The third kappa shape index (κ3) is 4.58. The molecule has 0 saturated heterocycles. The molecule has 4 heteroatoms. The molecule has 0 amide bonds. The summed E-state index contributed by atoms with van der Waals surface area (Å²) in [6.45, 7) is 4.37. The topological polar surface area (TPSA) is 38.7 Å². The summed E-state index contributed by atoms with van der Waals surface area (Å²) >= 11 is 1.75. The standard InChI is InChI=1S/C19H24O3S/c1-13(2)10-18(23-15-8-6-5-7-9-15)19-16(20)11-14(21-3)12-17(19)22-4/h5-9,11-13,18,20H,10H2,1-4H3. The molecule has 0 aliphatic heterocycles. The second-order valence-electron chi connectivity index (χ2n) is 5.81. The lowest BCUT2D eigenvalue weighted by Gasteiger charge is -2.23. The van der Waals surface area contributed by atoms with Crippen LogP contribution >= 0.6 is 11.8 Å². The summed E-state index contributed by atoms with van der Waals surface area (Å²) in [5, 5.41) is 10.6. The maximum atomic E-state index is 10.5. The van der Waals surface area contributed by atoms with Crippen LogP contribution in [0.1, 0.15) is 31.1 Å². The fourth-order valence-corrected chi connectivity index (χ4v) is 3.99. The van der Waals surface area contributed by atoms with Crippen LogP contribution in [0.4, 0.5) is 0 Å². The summed E-state index contributed by atoms with van der Waals surface area (Å²) in [6, 6.07) is 13.7. The molecule has 0 bridgehead atoms. The number of phenolic OH excluding ortho intramolecular Hbond substituents is 1. The highest BCUT2D eigenvalue weighted by atomic mass is 32.2. The van der Waals surface area contributed by atoms with Crippen molar-refractivity contribution in [1.29, 1.82) is 0 Å². The Bertz CT molecular complexity index is 626. The molecule has 2 aromatic carbocycles. The van der Waals surface area contributed by atoms with Crippen molar-refractivity contribution >= 4 is 11.8 Å². The lowest BCUT2D eigenvalue weighted by atomic mass is 10.00. The number of rotatable bonds is 7. The maximum Gasteiger partial charge on any atom is 0.130 e. The lowest BCUT2D eigenvalue weighted by Crippen LogP contribution is -2.03. The largest absolute Gasteiger partial charge is 0.507 e. The minimum Gasteiger partial charge on any atom is -0.507 e. The average Bonchev–Trinajstić information content (AvgIpc) is 2.53. The van der Waals surface area contributed by atoms with Crippen LogP contribution in [0.3, 0.4) is 0 Å². The van der Waals surface area contributed by atoms with E-state index in [1.807, 2.05) is 24.3 Å². The minimum absolute atomic E-state index is 0.109. The Kier molecular flexibility index (Phi) is 6.22. The summed E-state index contributed by atoms with van der Waals surface area (Å²) in [4.78, 5) is 1.18. The number of benzene rings is 2.